The van der Waals surface area contributed by atoms with Gasteiger partial charge in [-0.3, -0.25) is 15.0 Å². The Hall–Kier alpha value is -1.72. The summed E-state index contributed by atoms with van der Waals surface area (Å²) in [5.74, 6) is 0.764. The average molecular weight is 368 g/mol. The first-order valence-corrected chi connectivity index (χ1v) is 10.7. The molecule has 0 bridgehead atoms. The molecule has 4 rings (SSSR count). The number of hydrogen-bond acceptors (Lipinski definition) is 4. The van der Waals surface area contributed by atoms with Gasteiger partial charge in [0, 0.05) is 56.5 Å². The lowest BCUT2D eigenvalue weighted by Crippen LogP contribution is -2.46. The van der Waals surface area contributed by atoms with Crippen LogP contribution in [0.4, 0.5) is 0 Å². The minimum atomic E-state index is 0.764. The lowest BCUT2D eigenvalue weighted by atomic mass is 9.90. The van der Waals surface area contributed by atoms with Crippen LogP contribution >= 0.6 is 0 Å². The highest BCUT2D eigenvalue weighted by Crippen LogP contribution is 2.28. The van der Waals surface area contributed by atoms with Crippen LogP contribution in [0.25, 0.3) is 0 Å². The Kier molecular flexibility index (Phi) is 6.53. The first-order chi connectivity index (χ1) is 13.4. The van der Waals surface area contributed by atoms with Crippen LogP contribution in [0.2, 0.25) is 0 Å². The van der Waals surface area contributed by atoms with Gasteiger partial charge in [0.15, 0.2) is 0 Å². The number of nitrogens with one attached hydrogen (secondary N) is 1. The summed E-state index contributed by atoms with van der Waals surface area (Å²) in [6, 6.07) is 7.16. The maximum Gasteiger partial charge on any atom is 0.0492 e. The monoisotopic (exact) mass is 367 g/mol. The summed E-state index contributed by atoms with van der Waals surface area (Å²) in [4.78, 5) is 9.68. The molecule has 1 saturated heterocycles. The lowest BCUT2D eigenvalue weighted by Gasteiger charge is -2.41. The number of likely N-dealkylation sites (tertiary alicyclic amines) is 1. The number of nitrogens with zero attached hydrogens (tertiary/aromatic N) is 4. The molecule has 1 unspecified atom stereocenters. The summed E-state index contributed by atoms with van der Waals surface area (Å²) < 4.78 is 0. The summed E-state index contributed by atoms with van der Waals surface area (Å²) >= 11 is 0. The molecule has 1 N–H and O–H groups in total. The molecule has 2 fully saturated rings. The molecule has 2 aromatic rings. The van der Waals surface area contributed by atoms with Gasteiger partial charge in [-0.1, -0.05) is 25.3 Å². The van der Waals surface area contributed by atoms with Crippen molar-refractivity contribution in [1.29, 1.82) is 0 Å². The van der Waals surface area contributed by atoms with Crippen LogP contribution in [0.5, 0.6) is 0 Å². The first kappa shape index (κ1) is 18.6. The number of H-pyrrole nitrogens is 1. The normalized spacial score (nSPS) is 22.3. The van der Waals surface area contributed by atoms with Crippen molar-refractivity contribution in [1.82, 2.24) is 25.0 Å². The van der Waals surface area contributed by atoms with E-state index in [9.17, 15) is 0 Å². The first-order valence-electron chi connectivity index (χ1n) is 10.7. The summed E-state index contributed by atoms with van der Waals surface area (Å²) in [7, 11) is 0. The number of piperidine rings is 1. The van der Waals surface area contributed by atoms with Gasteiger partial charge in [-0.05, 0) is 55.8 Å². The van der Waals surface area contributed by atoms with Crippen molar-refractivity contribution in [3.05, 3.63) is 48.0 Å². The van der Waals surface area contributed by atoms with E-state index < -0.39 is 0 Å². The van der Waals surface area contributed by atoms with E-state index in [1.54, 1.807) is 0 Å². The van der Waals surface area contributed by atoms with E-state index in [1.165, 1.54) is 69.3 Å². The fourth-order valence-corrected chi connectivity index (χ4v) is 4.94. The Morgan fingerprint density at radius 3 is 2.74 bits per heavy atom. The van der Waals surface area contributed by atoms with Gasteiger partial charge in [0.25, 0.3) is 0 Å². The molecular weight excluding hydrogens is 334 g/mol. The number of aromatic nitrogens is 3. The van der Waals surface area contributed by atoms with E-state index in [0.717, 1.165) is 31.6 Å². The molecule has 1 aliphatic heterocycles. The van der Waals surface area contributed by atoms with Crippen molar-refractivity contribution < 1.29 is 0 Å². The summed E-state index contributed by atoms with van der Waals surface area (Å²) in [5.41, 5.74) is 2.48. The van der Waals surface area contributed by atoms with Gasteiger partial charge < -0.3 is 4.90 Å². The predicted octanol–water partition coefficient (Wildman–Crippen LogP) is 3.85. The van der Waals surface area contributed by atoms with Crippen molar-refractivity contribution in [3.63, 3.8) is 0 Å². The Morgan fingerprint density at radius 2 is 1.96 bits per heavy atom. The molecule has 146 valence electrons. The Balaban J connectivity index is 1.38. The summed E-state index contributed by atoms with van der Waals surface area (Å²) in [5, 5.41) is 7.26. The molecular formula is C22H33N5. The van der Waals surface area contributed by atoms with Gasteiger partial charge in [-0.2, -0.15) is 5.10 Å². The topological polar surface area (TPSA) is 48.1 Å². The van der Waals surface area contributed by atoms with E-state index >= 15 is 0 Å². The highest BCUT2D eigenvalue weighted by atomic mass is 15.2. The SMILES string of the molecule is c1cncc(CN(Cc2ccn[nH]2)CC2CCCN(C3CCCCC3)C2)c1. The second-order valence-corrected chi connectivity index (χ2v) is 8.41. The molecule has 2 aliphatic rings. The number of pyridine rings is 1. The zero-order valence-electron chi connectivity index (χ0n) is 16.4. The van der Waals surface area contributed by atoms with Crippen molar-refractivity contribution >= 4 is 0 Å². The zero-order valence-corrected chi connectivity index (χ0v) is 16.4. The quantitative estimate of drug-likeness (QED) is 0.807. The van der Waals surface area contributed by atoms with Crippen molar-refractivity contribution in [2.75, 3.05) is 19.6 Å². The smallest absolute Gasteiger partial charge is 0.0492 e. The van der Waals surface area contributed by atoms with Gasteiger partial charge in [-0.15, -0.1) is 0 Å². The number of rotatable bonds is 7. The highest BCUT2D eigenvalue weighted by Gasteiger charge is 2.28. The fraction of sp³-hybridized carbons (Fsp3) is 0.636. The van der Waals surface area contributed by atoms with E-state index in [2.05, 4.69) is 37.1 Å². The van der Waals surface area contributed by atoms with Crippen molar-refractivity contribution in [2.45, 2.75) is 64.1 Å². The van der Waals surface area contributed by atoms with Crippen LogP contribution in [0, 0.1) is 5.92 Å². The fourth-order valence-electron chi connectivity index (χ4n) is 4.94. The van der Waals surface area contributed by atoms with Gasteiger partial charge in [0.2, 0.25) is 0 Å². The summed E-state index contributed by atoms with van der Waals surface area (Å²) in [6.45, 7) is 5.61. The zero-order chi connectivity index (χ0) is 18.3. The third kappa shape index (κ3) is 5.39. The van der Waals surface area contributed by atoms with E-state index in [-0.39, 0.29) is 0 Å². The molecule has 0 aromatic carbocycles. The molecule has 1 saturated carbocycles. The Morgan fingerprint density at radius 1 is 1.04 bits per heavy atom. The van der Waals surface area contributed by atoms with Crippen molar-refractivity contribution in [3.8, 4) is 0 Å². The molecule has 0 spiro atoms. The van der Waals surface area contributed by atoms with Gasteiger partial charge in [0.1, 0.15) is 0 Å². The molecule has 0 amide bonds. The third-order valence-electron chi connectivity index (χ3n) is 6.24. The van der Waals surface area contributed by atoms with Crippen LogP contribution < -0.4 is 0 Å². The number of aromatic amines is 1. The molecule has 5 heteroatoms. The van der Waals surface area contributed by atoms with Crippen molar-refractivity contribution in [2.24, 2.45) is 5.92 Å². The molecule has 1 atom stereocenters. The third-order valence-corrected chi connectivity index (χ3v) is 6.24. The largest absolute Gasteiger partial charge is 0.300 e. The molecule has 27 heavy (non-hydrogen) atoms. The maximum absolute atomic E-state index is 4.30. The van der Waals surface area contributed by atoms with Crippen LogP contribution in [0.15, 0.2) is 36.8 Å². The van der Waals surface area contributed by atoms with Crippen LogP contribution in [-0.2, 0) is 13.1 Å². The van der Waals surface area contributed by atoms with Gasteiger partial charge in [0.05, 0.1) is 0 Å². The molecule has 2 aromatic heterocycles. The van der Waals surface area contributed by atoms with E-state index in [4.69, 9.17) is 0 Å². The molecule has 3 heterocycles. The van der Waals surface area contributed by atoms with Crippen LogP contribution in [0.1, 0.15) is 56.2 Å². The minimum Gasteiger partial charge on any atom is -0.300 e. The molecule has 0 radical (unpaired) electrons. The summed E-state index contributed by atoms with van der Waals surface area (Å²) in [6.07, 6.45) is 15.5. The van der Waals surface area contributed by atoms with Crippen LogP contribution in [0.3, 0.4) is 0 Å². The predicted molar refractivity (Wildman–Crippen MR) is 108 cm³/mol. The Labute approximate surface area is 163 Å². The second-order valence-electron chi connectivity index (χ2n) is 8.41. The maximum atomic E-state index is 4.30. The van der Waals surface area contributed by atoms with Gasteiger partial charge >= 0.3 is 0 Å². The minimum absolute atomic E-state index is 0.764. The van der Waals surface area contributed by atoms with Gasteiger partial charge in [-0.25, -0.2) is 0 Å². The molecule has 1 aliphatic carbocycles. The standard InChI is InChI=1S/C22H33N5/c1-2-8-22(9-3-1)27-13-5-7-20(17-27)16-26(18-21-10-12-24-25-21)15-19-6-4-11-23-14-19/h4,6,10-12,14,20,22H,1-3,5,7-9,13,15-18H2,(H,24,25). The van der Waals surface area contributed by atoms with E-state index in [1.807, 2.05) is 24.7 Å². The Bertz CT molecular complexity index is 651. The lowest BCUT2D eigenvalue weighted by molar-refractivity contribution is 0.0768. The highest BCUT2D eigenvalue weighted by molar-refractivity contribution is 5.09. The van der Waals surface area contributed by atoms with Crippen LogP contribution in [-0.4, -0.2) is 50.7 Å². The molecule has 5 nitrogen and oxygen atoms in total. The average Bonchev–Trinajstić information content (AvgIpc) is 3.23. The number of hydrogen-bond donors (Lipinski definition) is 1. The van der Waals surface area contributed by atoms with E-state index in [0.29, 0.717) is 0 Å². The second kappa shape index (κ2) is 9.47.